The zero-order valence-corrected chi connectivity index (χ0v) is 26.0. The molecule has 4 rings (SSSR count). The van der Waals surface area contributed by atoms with E-state index in [0.717, 1.165) is 24.2 Å². The summed E-state index contributed by atoms with van der Waals surface area (Å²) < 4.78 is 38.2. The molecule has 0 radical (unpaired) electrons. The fourth-order valence-corrected chi connectivity index (χ4v) is 7.23. The summed E-state index contributed by atoms with van der Waals surface area (Å²) in [5, 5.41) is 10.6. The fourth-order valence-electron chi connectivity index (χ4n) is 5.67. The number of carbonyl (C=O) groups is 2. The highest BCUT2D eigenvalue weighted by Gasteiger charge is 2.30. The Hall–Kier alpha value is -2.89. The monoisotopic (exact) mass is 603 g/mol. The van der Waals surface area contributed by atoms with Crippen LogP contribution in [-0.4, -0.2) is 99.2 Å². The molecular weight excluding hydrogens is 558 g/mol. The number of carbonyl (C=O) groups excluding carboxylic acids is 2. The standard InChI is InChI=1S/C31H45N3O7S/c1-22-9-11-27(35)21-29(36)41-30(23(2)10-12-28(22)40-31(37)33-16-14-32(4)15-17-33)24(3)19-25-7-5-8-26(20-25)34-13-6-18-42(34,38)39/h5,7-8,10,12,19-20,22-23,27-28,30,35H,6,9,11,13-18,21H2,1-4H3/b12-10-,24-19+/t22-,23-,27+,28-,30-/m0/s1. The van der Waals surface area contributed by atoms with Gasteiger partial charge in [0.1, 0.15) is 12.2 Å². The number of cyclic esters (lactones) is 1. The molecule has 1 aromatic rings. The highest BCUT2D eigenvalue weighted by molar-refractivity contribution is 7.93. The molecule has 5 atom stereocenters. The van der Waals surface area contributed by atoms with Gasteiger partial charge in [0.2, 0.25) is 10.0 Å². The number of anilines is 1. The van der Waals surface area contributed by atoms with E-state index in [1.54, 1.807) is 11.0 Å². The van der Waals surface area contributed by atoms with E-state index < -0.39 is 34.3 Å². The van der Waals surface area contributed by atoms with Crippen LogP contribution in [0.5, 0.6) is 0 Å². The van der Waals surface area contributed by atoms with Gasteiger partial charge in [0.15, 0.2) is 0 Å². The maximum absolute atomic E-state index is 13.0. The topological polar surface area (TPSA) is 117 Å². The van der Waals surface area contributed by atoms with Crippen LogP contribution >= 0.6 is 0 Å². The quantitative estimate of drug-likeness (QED) is 0.410. The van der Waals surface area contributed by atoms with Crippen LogP contribution in [0.4, 0.5) is 10.5 Å². The van der Waals surface area contributed by atoms with E-state index in [4.69, 9.17) is 9.47 Å². The van der Waals surface area contributed by atoms with Crippen molar-refractivity contribution in [1.29, 1.82) is 0 Å². The molecule has 2 fully saturated rings. The van der Waals surface area contributed by atoms with Gasteiger partial charge in [-0.15, -0.1) is 0 Å². The Morgan fingerprint density at radius 1 is 1.10 bits per heavy atom. The molecule has 42 heavy (non-hydrogen) atoms. The summed E-state index contributed by atoms with van der Waals surface area (Å²) >= 11 is 0. The molecule has 0 aliphatic carbocycles. The van der Waals surface area contributed by atoms with E-state index in [0.29, 0.717) is 44.6 Å². The van der Waals surface area contributed by atoms with Gasteiger partial charge in [0.05, 0.1) is 24.0 Å². The van der Waals surface area contributed by atoms with Crippen LogP contribution in [0.2, 0.25) is 0 Å². The normalized spacial score (nSPS) is 30.6. The van der Waals surface area contributed by atoms with Gasteiger partial charge in [-0.3, -0.25) is 9.10 Å². The molecule has 2 saturated heterocycles. The summed E-state index contributed by atoms with van der Waals surface area (Å²) in [5.41, 5.74) is 2.17. The third kappa shape index (κ3) is 8.35. The summed E-state index contributed by atoms with van der Waals surface area (Å²) in [6, 6.07) is 7.30. The Morgan fingerprint density at radius 2 is 1.83 bits per heavy atom. The van der Waals surface area contributed by atoms with Crippen LogP contribution in [0.3, 0.4) is 0 Å². The smallest absolute Gasteiger partial charge is 0.410 e. The lowest BCUT2D eigenvalue weighted by Gasteiger charge is -2.33. The first kappa shape index (κ1) is 32.0. The predicted octanol–water partition coefficient (Wildman–Crippen LogP) is 3.67. The van der Waals surface area contributed by atoms with E-state index in [9.17, 15) is 23.1 Å². The highest BCUT2D eigenvalue weighted by Crippen LogP contribution is 2.28. The Balaban J connectivity index is 1.56. The molecule has 1 amide bonds. The van der Waals surface area contributed by atoms with Gasteiger partial charge in [0.25, 0.3) is 0 Å². The second-order valence-electron chi connectivity index (χ2n) is 11.9. The number of likely N-dealkylation sites (N-methyl/N-ethyl adjacent to an activating group) is 1. The van der Waals surface area contributed by atoms with Crippen molar-refractivity contribution in [1.82, 2.24) is 9.80 Å². The maximum atomic E-state index is 13.0. The molecule has 3 aliphatic heterocycles. The molecule has 1 N–H and O–H groups in total. The lowest BCUT2D eigenvalue weighted by atomic mass is 9.91. The number of esters is 1. The molecule has 232 valence electrons. The average Bonchev–Trinajstić information content (AvgIpc) is 3.31. The summed E-state index contributed by atoms with van der Waals surface area (Å²) in [6.45, 7) is 9.07. The van der Waals surface area contributed by atoms with Gasteiger partial charge in [-0.2, -0.15) is 0 Å². The van der Waals surface area contributed by atoms with Crippen LogP contribution < -0.4 is 4.31 Å². The molecule has 1 aromatic carbocycles. The molecule has 3 heterocycles. The van der Waals surface area contributed by atoms with Crippen molar-refractivity contribution in [3.8, 4) is 0 Å². The number of piperazine rings is 1. The number of hydrogen-bond donors (Lipinski definition) is 1. The minimum atomic E-state index is -3.31. The van der Waals surface area contributed by atoms with Crippen LogP contribution in [0, 0.1) is 11.8 Å². The summed E-state index contributed by atoms with van der Waals surface area (Å²) in [7, 11) is -1.28. The number of benzene rings is 1. The number of sulfonamides is 1. The molecule has 0 spiro atoms. The SMILES string of the molecule is C/C(=C\c1cccc(N2CCCS2(=O)=O)c1)[C@H]1OC(=O)C[C@H](O)CC[C@H](C)[C@@H](OC(=O)N2CCN(C)CC2)/C=C\[C@@H]1C. The summed E-state index contributed by atoms with van der Waals surface area (Å²) in [6.07, 6.45) is 4.80. The first-order valence-electron chi connectivity index (χ1n) is 14.9. The van der Waals surface area contributed by atoms with Crippen molar-refractivity contribution in [2.24, 2.45) is 11.8 Å². The second kappa shape index (κ2) is 14.1. The van der Waals surface area contributed by atoms with Crippen molar-refractivity contribution >= 4 is 33.8 Å². The molecule has 11 heteroatoms. The number of ether oxygens (including phenoxy) is 2. The van der Waals surface area contributed by atoms with Crippen LogP contribution in [0.15, 0.2) is 42.0 Å². The van der Waals surface area contributed by atoms with Crippen LogP contribution in [0.25, 0.3) is 6.08 Å². The van der Waals surface area contributed by atoms with Crippen molar-refractivity contribution in [2.45, 2.75) is 64.8 Å². The molecular formula is C31H45N3O7S. The molecule has 10 nitrogen and oxygen atoms in total. The van der Waals surface area contributed by atoms with E-state index >= 15 is 0 Å². The van der Waals surface area contributed by atoms with Crippen molar-refractivity contribution in [2.75, 3.05) is 49.8 Å². The minimum absolute atomic E-state index is 0.0605. The molecule has 0 saturated carbocycles. The van der Waals surface area contributed by atoms with Gasteiger partial charge in [-0.1, -0.05) is 38.1 Å². The third-order valence-electron chi connectivity index (χ3n) is 8.36. The number of aliphatic hydroxyl groups excluding tert-OH is 1. The van der Waals surface area contributed by atoms with Crippen LogP contribution in [-0.2, 0) is 24.3 Å². The van der Waals surface area contributed by atoms with Crippen molar-refractivity contribution in [3.63, 3.8) is 0 Å². The average molecular weight is 604 g/mol. The first-order valence-corrected chi connectivity index (χ1v) is 16.5. The van der Waals surface area contributed by atoms with Gasteiger partial charge >= 0.3 is 12.1 Å². The lowest BCUT2D eigenvalue weighted by molar-refractivity contribution is -0.151. The lowest BCUT2D eigenvalue weighted by Crippen LogP contribution is -2.48. The van der Waals surface area contributed by atoms with Crippen LogP contribution in [0.1, 0.15) is 52.0 Å². The second-order valence-corrected chi connectivity index (χ2v) is 13.9. The predicted molar refractivity (Wildman–Crippen MR) is 162 cm³/mol. The largest absolute Gasteiger partial charge is 0.457 e. The summed E-state index contributed by atoms with van der Waals surface area (Å²) in [5.74, 6) is -0.663. The van der Waals surface area contributed by atoms with Crippen molar-refractivity contribution < 1.29 is 32.6 Å². The van der Waals surface area contributed by atoms with Gasteiger partial charge < -0.3 is 24.4 Å². The Morgan fingerprint density at radius 3 is 2.52 bits per heavy atom. The Labute approximate surface area is 250 Å². The zero-order chi connectivity index (χ0) is 30.4. The highest BCUT2D eigenvalue weighted by atomic mass is 32.2. The summed E-state index contributed by atoms with van der Waals surface area (Å²) in [4.78, 5) is 29.7. The van der Waals surface area contributed by atoms with Gasteiger partial charge in [0, 0.05) is 38.6 Å². The van der Waals surface area contributed by atoms with Gasteiger partial charge in [-0.05, 0) is 68.5 Å². The number of amides is 1. The number of aliphatic hydroxyl groups is 1. The first-order chi connectivity index (χ1) is 19.9. The number of nitrogens with zero attached hydrogens (tertiary/aromatic N) is 3. The van der Waals surface area contributed by atoms with E-state index in [2.05, 4.69) is 4.90 Å². The molecule has 3 aliphatic rings. The van der Waals surface area contributed by atoms with E-state index in [1.807, 2.05) is 64.2 Å². The Kier molecular flexibility index (Phi) is 10.7. The Bertz CT molecular complexity index is 1270. The maximum Gasteiger partial charge on any atom is 0.410 e. The number of hydrogen-bond acceptors (Lipinski definition) is 8. The fraction of sp³-hybridized carbons (Fsp3) is 0.613. The molecule has 0 unspecified atom stereocenters. The number of rotatable bonds is 4. The van der Waals surface area contributed by atoms with E-state index in [1.165, 1.54) is 4.31 Å². The van der Waals surface area contributed by atoms with E-state index in [-0.39, 0.29) is 30.1 Å². The minimum Gasteiger partial charge on any atom is -0.457 e. The molecule has 0 bridgehead atoms. The van der Waals surface area contributed by atoms with Crippen molar-refractivity contribution in [3.05, 3.63) is 47.6 Å². The van der Waals surface area contributed by atoms with Gasteiger partial charge in [-0.25, -0.2) is 13.2 Å². The third-order valence-corrected chi connectivity index (χ3v) is 10.2. The molecule has 0 aromatic heterocycles. The zero-order valence-electron chi connectivity index (χ0n) is 25.1.